The van der Waals surface area contributed by atoms with Gasteiger partial charge in [0.25, 0.3) is 5.91 Å². The van der Waals surface area contributed by atoms with Gasteiger partial charge < -0.3 is 35.2 Å². The average Bonchev–Trinajstić information content (AvgIpc) is 2.84. The molecule has 194 valence electrons. The van der Waals surface area contributed by atoms with Gasteiger partial charge >= 0.3 is 0 Å². The van der Waals surface area contributed by atoms with Crippen molar-refractivity contribution in [2.75, 3.05) is 20.2 Å². The molecule has 2 aromatic rings. The molecule has 5 N–H and O–H groups in total. The van der Waals surface area contributed by atoms with Crippen LogP contribution < -0.4 is 4.74 Å². The number of amides is 1. The van der Waals surface area contributed by atoms with E-state index in [2.05, 4.69) is 0 Å². The number of ether oxygens (including phenoxy) is 1. The Morgan fingerprint density at radius 1 is 1.00 bits per heavy atom. The highest BCUT2D eigenvalue weighted by Crippen LogP contribution is 2.21. The minimum absolute atomic E-state index is 0.341. The fourth-order valence-electron chi connectivity index (χ4n) is 2.98. The summed E-state index contributed by atoms with van der Waals surface area (Å²) in [5, 5.41) is 48.4. The first-order chi connectivity index (χ1) is 16.3. The Labute approximate surface area is 210 Å². The van der Waals surface area contributed by atoms with Gasteiger partial charge in [-0.05, 0) is 57.2 Å². The van der Waals surface area contributed by atoms with E-state index in [0.29, 0.717) is 17.6 Å². The highest BCUT2D eigenvalue weighted by Gasteiger charge is 2.36. The van der Waals surface area contributed by atoms with E-state index >= 15 is 0 Å². The summed E-state index contributed by atoms with van der Waals surface area (Å²) in [6.45, 7) is 3.95. The first-order valence-corrected chi connectivity index (χ1v) is 11.2. The van der Waals surface area contributed by atoms with Gasteiger partial charge in [0.15, 0.2) is 5.60 Å². The van der Waals surface area contributed by atoms with Crippen LogP contribution in [0.25, 0.3) is 0 Å². The molecule has 0 aliphatic rings. The number of rotatable bonds is 10. The van der Waals surface area contributed by atoms with Gasteiger partial charge in [0.1, 0.15) is 36.5 Å². The molecule has 0 heterocycles. The predicted molar refractivity (Wildman–Crippen MR) is 131 cm³/mol. The standard InChI is InChI=1S/C18H27NO8.C7H7Cl/c1-18(2,27-12-6-4-11(9-20)5-7-12)17(26)19(3)8-13(22)15(24)16(25)14(23)10-21;1-6-2-4-7(8)5-3-6/h4-7,9,13-16,21-25H,8,10H2,1-3H3;2-5H,1H3. The minimum Gasteiger partial charge on any atom is -0.478 e. The molecule has 35 heavy (non-hydrogen) atoms. The van der Waals surface area contributed by atoms with Crippen LogP contribution in [0.5, 0.6) is 5.75 Å². The lowest BCUT2D eigenvalue weighted by molar-refractivity contribution is -0.149. The zero-order chi connectivity index (χ0) is 26.8. The number of aryl methyl sites for hydroxylation is 1. The molecule has 0 radical (unpaired) electrons. The summed E-state index contributed by atoms with van der Waals surface area (Å²) in [6.07, 6.45) is -6.03. The lowest BCUT2D eigenvalue weighted by Crippen LogP contribution is -2.53. The molecule has 0 aliphatic carbocycles. The zero-order valence-electron chi connectivity index (χ0n) is 20.2. The topological polar surface area (TPSA) is 148 Å². The number of aliphatic hydroxyl groups is 5. The highest BCUT2D eigenvalue weighted by atomic mass is 35.5. The molecule has 4 atom stereocenters. The van der Waals surface area contributed by atoms with E-state index in [1.54, 1.807) is 24.3 Å². The van der Waals surface area contributed by atoms with Crippen LogP contribution in [0.2, 0.25) is 5.02 Å². The van der Waals surface area contributed by atoms with Gasteiger partial charge in [0, 0.05) is 24.2 Å². The number of hydrogen-bond donors (Lipinski definition) is 5. The van der Waals surface area contributed by atoms with Gasteiger partial charge in [-0.2, -0.15) is 0 Å². The van der Waals surface area contributed by atoms with Crippen LogP contribution in [0.15, 0.2) is 48.5 Å². The maximum Gasteiger partial charge on any atom is 0.266 e. The average molecular weight is 512 g/mol. The van der Waals surface area contributed by atoms with Crippen molar-refractivity contribution in [1.82, 2.24) is 4.90 Å². The monoisotopic (exact) mass is 511 g/mol. The van der Waals surface area contributed by atoms with Gasteiger partial charge in [-0.3, -0.25) is 9.59 Å². The van der Waals surface area contributed by atoms with Gasteiger partial charge in [-0.1, -0.05) is 29.3 Å². The molecule has 1 amide bonds. The Kier molecular flexibility index (Phi) is 12.3. The lowest BCUT2D eigenvalue weighted by Gasteiger charge is -2.33. The molecule has 0 saturated heterocycles. The summed E-state index contributed by atoms with van der Waals surface area (Å²) in [5.41, 5.74) is 0.393. The van der Waals surface area contributed by atoms with Crippen molar-refractivity contribution in [1.29, 1.82) is 0 Å². The summed E-state index contributed by atoms with van der Waals surface area (Å²) in [6, 6.07) is 13.9. The van der Waals surface area contributed by atoms with Gasteiger partial charge in [-0.25, -0.2) is 0 Å². The van der Waals surface area contributed by atoms with E-state index in [1.807, 2.05) is 31.2 Å². The van der Waals surface area contributed by atoms with Gasteiger partial charge in [0.05, 0.1) is 6.61 Å². The molecule has 0 bridgehead atoms. The second-order valence-corrected chi connectivity index (χ2v) is 9.02. The summed E-state index contributed by atoms with van der Waals surface area (Å²) in [7, 11) is 1.38. The van der Waals surface area contributed by atoms with E-state index in [0.717, 1.165) is 9.92 Å². The van der Waals surface area contributed by atoms with Crippen LogP contribution >= 0.6 is 11.6 Å². The quantitative estimate of drug-likeness (QED) is 0.299. The van der Waals surface area contributed by atoms with Crippen LogP contribution in [0, 0.1) is 6.92 Å². The third-order valence-corrected chi connectivity index (χ3v) is 5.30. The number of hydrogen-bond acceptors (Lipinski definition) is 8. The second kappa shape index (κ2) is 14.1. The van der Waals surface area contributed by atoms with E-state index < -0.39 is 42.5 Å². The maximum absolute atomic E-state index is 12.6. The van der Waals surface area contributed by atoms with Crippen molar-refractivity contribution in [2.45, 2.75) is 50.8 Å². The number of likely N-dealkylation sites (N-methyl/N-ethyl adjacent to an activating group) is 1. The minimum atomic E-state index is -1.77. The molecule has 4 unspecified atom stereocenters. The molecular formula is C25H34ClNO8. The molecule has 0 saturated carbocycles. The van der Waals surface area contributed by atoms with E-state index in [1.165, 1.54) is 26.5 Å². The van der Waals surface area contributed by atoms with Crippen molar-refractivity contribution in [3.05, 3.63) is 64.7 Å². The first-order valence-electron chi connectivity index (χ1n) is 10.9. The predicted octanol–water partition coefficient (Wildman–Crippen LogP) is 1.20. The number of aliphatic hydroxyl groups excluding tert-OH is 5. The Morgan fingerprint density at radius 3 is 1.97 bits per heavy atom. The number of nitrogens with zero attached hydrogens (tertiary/aromatic N) is 1. The molecule has 0 aromatic heterocycles. The number of halogens is 1. The Balaban J connectivity index is 0.000000642. The summed E-state index contributed by atoms with van der Waals surface area (Å²) >= 11 is 5.61. The molecule has 0 aliphatic heterocycles. The Morgan fingerprint density at radius 2 is 1.51 bits per heavy atom. The lowest BCUT2D eigenvalue weighted by atomic mass is 10.0. The summed E-state index contributed by atoms with van der Waals surface area (Å²) in [5.74, 6) is -0.139. The van der Waals surface area contributed by atoms with Crippen molar-refractivity contribution in [3.8, 4) is 5.75 Å². The number of carbonyl (C=O) groups excluding carboxylic acids is 2. The van der Waals surface area contributed by atoms with Crippen LogP contribution in [-0.2, 0) is 4.79 Å². The maximum atomic E-state index is 12.6. The molecule has 9 nitrogen and oxygen atoms in total. The third-order valence-electron chi connectivity index (χ3n) is 5.05. The first kappa shape index (κ1) is 30.5. The number of carbonyl (C=O) groups is 2. The van der Waals surface area contributed by atoms with E-state index in [4.69, 9.17) is 21.4 Å². The van der Waals surface area contributed by atoms with Crippen LogP contribution in [0.4, 0.5) is 0 Å². The molecule has 0 spiro atoms. The van der Waals surface area contributed by atoms with Crippen LogP contribution in [0.3, 0.4) is 0 Å². The normalized spacial score (nSPS) is 14.6. The van der Waals surface area contributed by atoms with E-state index in [9.17, 15) is 30.0 Å². The fraction of sp³-hybridized carbons (Fsp3) is 0.440. The molecular weight excluding hydrogens is 478 g/mol. The third kappa shape index (κ3) is 9.93. The van der Waals surface area contributed by atoms with Gasteiger partial charge in [0.2, 0.25) is 0 Å². The van der Waals surface area contributed by atoms with Gasteiger partial charge in [-0.15, -0.1) is 0 Å². The van der Waals surface area contributed by atoms with Crippen molar-refractivity contribution >= 4 is 23.8 Å². The highest BCUT2D eigenvalue weighted by molar-refractivity contribution is 6.30. The summed E-state index contributed by atoms with van der Waals surface area (Å²) in [4.78, 5) is 24.4. The second-order valence-electron chi connectivity index (χ2n) is 8.58. The molecule has 2 rings (SSSR count). The van der Waals surface area contributed by atoms with Crippen LogP contribution in [0.1, 0.15) is 29.8 Å². The molecule has 10 heteroatoms. The molecule has 0 fully saturated rings. The SMILES string of the molecule is CN(CC(O)C(O)C(O)C(O)CO)C(=O)C(C)(C)Oc1ccc(C=O)cc1.Cc1ccc(Cl)cc1. The summed E-state index contributed by atoms with van der Waals surface area (Å²) < 4.78 is 5.66. The largest absolute Gasteiger partial charge is 0.478 e. The number of aldehydes is 1. The zero-order valence-corrected chi connectivity index (χ0v) is 21.0. The Hall–Kier alpha value is -2.53. The van der Waals surface area contributed by atoms with Crippen molar-refractivity contribution in [2.24, 2.45) is 0 Å². The Bertz CT molecular complexity index is 899. The fourth-order valence-corrected chi connectivity index (χ4v) is 3.11. The van der Waals surface area contributed by atoms with E-state index in [-0.39, 0.29) is 6.54 Å². The van der Waals surface area contributed by atoms with Crippen molar-refractivity contribution < 1.29 is 39.9 Å². The smallest absolute Gasteiger partial charge is 0.266 e. The molecule has 2 aromatic carbocycles. The number of benzene rings is 2. The van der Waals surface area contributed by atoms with Crippen LogP contribution in [-0.4, -0.2) is 92.8 Å². The van der Waals surface area contributed by atoms with Crippen molar-refractivity contribution in [3.63, 3.8) is 0 Å².